The van der Waals surface area contributed by atoms with Gasteiger partial charge >= 0.3 is 0 Å². The quantitative estimate of drug-likeness (QED) is 0.175. The first-order valence-corrected chi connectivity index (χ1v) is 17.9. The Bertz CT molecular complexity index is 2660. The number of rotatable bonds is 5. The van der Waals surface area contributed by atoms with Crippen LogP contribution in [0.3, 0.4) is 0 Å². The minimum absolute atomic E-state index is 0.0885. The standard InChI is InChI=1S/C49H36N2/c1-3-15-34(16-4-1)36-27-28-37(35-17-5-2-6-18-35)30-38(29-36)39-31-40(50-46-23-11-7-19-42(46)43-20-8-12-24-47(43)50)33-41(32-39)51-48-25-13-9-21-44(48)45-22-10-14-26-49(45)51/h1-32,36,40H,33H2. The van der Waals surface area contributed by atoms with Crippen molar-refractivity contribution in [3.05, 3.63) is 216 Å². The first-order valence-electron chi connectivity index (χ1n) is 17.9. The topological polar surface area (TPSA) is 9.86 Å². The fourth-order valence-corrected chi connectivity index (χ4v) is 8.40. The summed E-state index contributed by atoms with van der Waals surface area (Å²) < 4.78 is 5.10. The number of fused-ring (bicyclic) bond motifs is 6. The number of para-hydroxylation sites is 4. The Morgan fingerprint density at radius 3 is 1.53 bits per heavy atom. The lowest BCUT2D eigenvalue weighted by molar-refractivity contribution is 0.642. The van der Waals surface area contributed by atoms with Crippen LogP contribution in [0.15, 0.2) is 205 Å². The van der Waals surface area contributed by atoms with Gasteiger partial charge in [-0.2, -0.15) is 0 Å². The van der Waals surface area contributed by atoms with Gasteiger partial charge in [-0.05, 0) is 64.3 Å². The van der Waals surface area contributed by atoms with Crippen molar-refractivity contribution < 1.29 is 0 Å². The maximum Gasteiger partial charge on any atom is 0.0586 e. The Kier molecular flexibility index (Phi) is 7.06. The average molecular weight is 653 g/mol. The number of hydrogen-bond donors (Lipinski definition) is 0. The molecule has 10 rings (SSSR count). The molecular weight excluding hydrogens is 617 g/mol. The summed E-state index contributed by atoms with van der Waals surface area (Å²) in [5.74, 6) is 0.137. The minimum Gasteiger partial charge on any atom is -0.333 e. The van der Waals surface area contributed by atoms with E-state index in [1.807, 2.05) is 0 Å². The van der Waals surface area contributed by atoms with Crippen molar-refractivity contribution in [3.8, 4) is 0 Å². The molecule has 0 fully saturated rings. The molecular formula is C49H36N2. The highest BCUT2D eigenvalue weighted by molar-refractivity contribution is 6.10. The molecule has 0 bridgehead atoms. The molecule has 2 atom stereocenters. The van der Waals surface area contributed by atoms with Crippen LogP contribution in [0.2, 0.25) is 0 Å². The molecule has 0 saturated carbocycles. The van der Waals surface area contributed by atoms with Gasteiger partial charge in [0, 0.05) is 50.6 Å². The minimum atomic E-state index is 0.0885. The second-order valence-electron chi connectivity index (χ2n) is 13.7. The molecule has 2 aliphatic carbocycles. The second kappa shape index (κ2) is 12.2. The van der Waals surface area contributed by atoms with Gasteiger partial charge in [-0.15, -0.1) is 0 Å². The normalized spacial score (nSPS) is 17.7. The van der Waals surface area contributed by atoms with Crippen molar-refractivity contribution in [1.29, 1.82) is 0 Å². The Morgan fingerprint density at radius 2 is 0.922 bits per heavy atom. The molecule has 0 radical (unpaired) electrons. The Hall–Kier alpha value is -6.38. The van der Waals surface area contributed by atoms with Crippen LogP contribution in [0.25, 0.3) is 54.9 Å². The van der Waals surface area contributed by atoms with Crippen LogP contribution in [-0.2, 0) is 0 Å². The molecule has 0 saturated heterocycles. The largest absolute Gasteiger partial charge is 0.333 e. The summed E-state index contributed by atoms with van der Waals surface area (Å²) in [4.78, 5) is 0. The van der Waals surface area contributed by atoms with Crippen LogP contribution in [0.5, 0.6) is 0 Å². The van der Waals surface area contributed by atoms with Gasteiger partial charge in [-0.3, -0.25) is 0 Å². The van der Waals surface area contributed by atoms with Gasteiger partial charge in [0.25, 0.3) is 0 Å². The van der Waals surface area contributed by atoms with Crippen LogP contribution >= 0.6 is 0 Å². The van der Waals surface area contributed by atoms with Crippen molar-refractivity contribution in [1.82, 2.24) is 9.13 Å². The first kappa shape index (κ1) is 29.5. The van der Waals surface area contributed by atoms with E-state index in [0.29, 0.717) is 0 Å². The fourth-order valence-electron chi connectivity index (χ4n) is 8.40. The van der Waals surface area contributed by atoms with Gasteiger partial charge in [-0.25, -0.2) is 0 Å². The third-order valence-electron chi connectivity index (χ3n) is 10.7. The average Bonchev–Trinajstić information content (AvgIpc) is 3.61. The maximum atomic E-state index is 2.58. The smallest absolute Gasteiger partial charge is 0.0586 e. The molecule has 2 aliphatic rings. The van der Waals surface area contributed by atoms with E-state index in [-0.39, 0.29) is 12.0 Å². The van der Waals surface area contributed by atoms with E-state index in [1.165, 1.54) is 77.2 Å². The van der Waals surface area contributed by atoms with Gasteiger partial charge in [0.15, 0.2) is 0 Å². The molecule has 6 aromatic carbocycles. The van der Waals surface area contributed by atoms with Gasteiger partial charge < -0.3 is 9.13 Å². The fraction of sp³-hybridized carbons (Fsp3) is 0.0612. The van der Waals surface area contributed by atoms with E-state index in [0.717, 1.165) is 6.42 Å². The summed E-state index contributed by atoms with van der Waals surface area (Å²) in [6.07, 6.45) is 15.4. The van der Waals surface area contributed by atoms with Gasteiger partial charge in [0.05, 0.1) is 17.1 Å². The van der Waals surface area contributed by atoms with E-state index in [4.69, 9.17) is 0 Å². The van der Waals surface area contributed by atoms with Crippen molar-refractivity contribution in [2.75, 3.05) is 0 Å². The zero-order valence-corrected chi connectivity index (χ0v) is 28.2. The molecule has 242 valence electrons. The molecule has 0 amide bonds. The number of allylic oxidation sites excluding steroid dienone is 10. The number of nitrogens with zero attached hydrogens (tertiary/aromatic N) is 2. The number of hydrogen-bond acceptors (Lipinski definition) is 0. The molecule has 0 aliphatic heterocycles. The molecule has 2 heteroatoms. The van der Waals surface area contributed by atoms with E-state index in [2.05, 4.69) is 203 Å². The molecule has 2 aromatic heterocycles. The van der Waals surface area contributed by atoms with Crippen molar-refractivity contribution in [2.45, 2.75) is 18.4 Å². The van der Waals surface area contributed by atoms with E-state index in [1.54, 1.807) is 0 Å². The third kappa shape index (κ3) is 5.03. The van der Waals surface area contributed by atoms with Gasteiger partial charge in [-0.1, -0.05) is 158 Å². The van der Waals surface area contributed by atoms with E-state index in [9.17, 15) is 0 Å². The van der Waals surface area contributed by atoms with Crippen molar-refractivity contribution >= 4 is 54.9 Å². The highest BCUT2D eigenvalue weighted by Gasteiger charge is 2.26. The molecule has 2 unspecified atom stereocenters. The van der Waals surface area contributed by atoms with Crippen LogP contribution < -0.4 is 0 Å². The molecule has 2 nitrogen and oxygen atoms in total. The van der Waals surface area contributed by atoms with E-state index >= 15 is 0 Å². The van der Waals surface area contributed by atoms with Gasteiger partial charge in [0.1, 0.15) is 0 Å². The van der Waals surface area contributed by atoms with Crippen LogP contribution in [0.4, 0.5) is 0 Å². The lowest BCUT2D eigenvalue weighted by atomic mass is 9.89. The summed E-state index contributed by atoms with van der Waals surface area (Å²) in [7, 11) is 0. The molecule has 0 N–H and O–H groups in total. The van der Waals surface area contributed by atoms with Gasteiger partial charge in [0.2, 0.25) is 0 Å². The predicted octanol–water partition coefficient (Wildman–Crippen LogP) is 12.7. The maximum absolute atomic E-state index is 2.58. The Labute approximate surface area is 297 Å². The summed E-state index contributed by atoms with van der Waals surface area (Å²) in [6.45, 7) is 0. The molecule has 51 heavy (non-hydrogen) atoms. The monoisotopic (exact) mass is 652 g/mol. The summed E-state index contributed by atoms with van der Waals surface area (Å²) in [6, 6.07) is 57.2. The molecule has 0 spiro atoms. The van der Waals surface area contributed by atoms with Crippen LogP contribution in [0, 0.1) is 0 Å². The number of aromatic nitrogens is 2. The Balaban J connectivity index is 1.24. The highest BCUT2D eigenvalue weighted by atomic mass is 15.0. The predicted molar refractivity (Wildman–Crippen MR) is 216 cm³/mol. The zero-order valence-electron chi connectivity index (χ0n) is 28.2. The molecule has 8 aromatic rings. The first-order chi connectivity index (χ1) is 25.3. The Morgan fingerprint density at radius 1 is 0.431 bits per heavy atom. The van der Waals surface area contributed by atoms with Crippen molar-refractivity contribution in [3.63, 3.8) is 0 Å². The van der Waals surface area contributed by atoms with Crippen LogP contribution in [-0.4, -0.2) is 9.13 Å². The number of benzene rings is 6. The zero-order chi connectivity index (χ0) is 33.7. The SMILES string of the molecule is C1=CC(c2ccccc2)C=C(C2=CC(n3c4ccccc4c4ccccc43)CC(n3c4ccccc4c4ccccc43)=C2)C=C1c1ccccc1. The summed E-state index contributed by atoms with van der Waals surface area (Å²) in [5, 5.41) is 5.16. The van der Waals surface area contributed by atoms with E-state index < -0.39 is 0 Å². The second-order valence-corrected chi connectivity index (χ2v) is 13.7. The summed E-state index contributed by atoms with van der Waals surface area (Å²) >= 11 is 0. The van der Waals surface area contributed by atoms with Crippen LogP contribution in [0.1, 0.15) is 29.5 Å². The third-order valence-corrected chi connectivity index (χ3v) is 10.7. The van der Waals surface area contributed by atoms with Crippen molar-refractivity contribution in [2.24, 2.45) is 0 Å². The summed E-state index contributed by atoms with van der Waals surface area (Å²) in [5.41, 5.74) is 12.5. The lowest BCUT2D eigenvalue weighted by Crippen LogP contribution is -2.14. The highest BCUT2D eigenvalue weighted by Crippen LogP contribution is 2.43. The molecule has 2 heterocycles. The lowest BCUT2D eigenvalue weighted by Gasteiger charge is -2.27.